The van der Waals surface area contributed by atoms with Crippen molar-refractivity contribution in [2.75, 3.05) is 12.3 Å². The number of hydrogen-bond acceptors (Lipinski definition) is 6. The molecular weight excluding hydrogens is 289 g/mol. The fourth-order valence-electron chi connectivity index (χ4n) is 2.37. The van der Waals surface area contributed by atoms with E-state index in [-0.39, 0.29) is 17.7 Å². The van der Waals surface area contributed by atoms with Gasteiger partial charge in [0.1, 0.15) is 5.52 Å². The zero-order valence-corrected chi connectivity index (χ0v) is 11.3. The van der Waals surface area contributed by atoms with Crippen LogP contribution in [0.1, 0.15) is 13.2 Å². The molecule has 0 saturated carbocycles. The second-order valence-corrected chi connectivity index (χ2v) is 5.09. The maximum atomic E-state index is 14.3. The second-order valence-electron chi connectivity index (χ2n) is 4.75. The fraction of sp³-hybridized carbons (Fsp3) is 0.545. The molecular formula is C11H13ClFN5O2. The lowest BCUT2D eigenvalue weighted by Gasteiger charge is -2.15. The maximum Gasteiger partial charge on any atom is 0.226 e. The van der Waals surface area contributed by atoms with Gasteiger partial charge in [-0.1, -0.05) is 6.92 Å². The molecule has 2 aromatic heterocycles. The smallest absolute Gasteiger partial charge is 0.226 e. The van der Waals surface area contributed by atoms with Crippen molar-refractivity contribution in [2.24, 2.45) is 5.92 Å². The van der Waals surface area contributed by atoms with E-state index in [1.54, 1.807) is 6.92 Å². The largest absolute Gasteiger partial charge is 0.394 e. The molecule has 0 bridgehead atoms. The van der Waals surface area contributed by atoms with Crippen LogP contribution in [0.4, 0.5) is 10.2 Å². The van der Waals surface area contributed by atoms with E-state index in [4.69, 9.17) is 22.1 Å². The van der Waals surface area contributed by atoms with E-state index < -0.39 is 24.4 Å². The molecule has 7 nitrogen and oxygen atoms in total. The van der Waals surface area contributed by atoms with Crippen LogP contribution >= 0.6 is 11.6 Å². The summed E-state index contributed by atoms with van der Waals surface area (Å²) in [6, 6.07) is 0. The predicted octanol–water partition coefficient (Wildman–Crippen LogP) is 0.926. The van der Waals surface area contributed by atoms with Crippen molar-refractivity contribution in [3.63, 3.8) is 0 Å². The highest BCUT2D eigenvalue weighted by Gasteiger charge is 2.43. The normalized spacial score (nSPS) is 30.2. The predicted molar refractivity (Wildman–Crippen MR) is 69.8 cm³/mol. The molecule has 2 aromatic rings. The summed E-state index contributed by atoms with van der Waals surface area (Å²) in [6.45, 7) is 1.43. The fourth-order valence-corrected chi connectivity index (χ4v) is 2.54. The summed E-state index contributed by atoms with van der Waals surface area (Å²) in [4.78, 5) is 11.9. The zero-order chi connectivity index (χ0) is 14.4. The third kappa shape index (κ3) is 1.91. The van der Waals surface area contributed by atoms with Gasteiger partial charge in [0.2, 0.25) is 5.28 Å². The highest BCUT2D eigenvalue weighted by molar-refractivity contribution is 6.28. The summed E-state index contributed by atoms with van der Waals surface area (Å²) < 4.78 is 21.3. The van der Waals surface area contributed by atoms with Crippen LogP contribution in [0.2, 0.25) is 5.28 Å². The van der Waals surface area contributed by atoms with Crippen molar-refractivity contribution in [3.8, 4) is 0 Å². The minimum absolute atomic E-state index is 0.0445. The van der Waals surface area contributed by atoms with Crippen molar-refractivity contribution in [2.45, 2.75) is 25.4 Å². The molecule has 1 aliphatic rings. The van der Waals surface area contributed by atoms with E-state index >= 15 is 0 Å². The molecule has 3 heterocycles. The molecule has 20 heavy (non-hydrogen) atoms. The molecule has 1 aliphatic heterocycles. The molecule has 0 aromatic carbocycles. The number of halogens is 2. The Labute approximate surface area is 118 Å². The maximum absolute atomic E-state index is 14.3. The van der Waals surface area contributed by atoms with Gasteiger partial charge in [0.05, 0.1) is 19.0 Å². The average Bonchev–Trinajstić information content (AvgIpc) is 2.93. The molecule has 0 unspecified atom stereocenters. The lowest BCUT2D eigenvalue weighted by Crippen LogP contribution is -2.21. The minimum Gasteiger partial charge on any atom is -0.394 e. The highest BCUT2D eigenvalue weighted by Crippen LogP contribution is 2.37. The van der Waals surface area contributed by atoms with Gasteiger partial charge in [-0.3, -0.25) is 4.57 Å². The van der Waals surface area contributed by atoms with Crippen molar-refractivity contribution < 1.29 is 14.2 Å². The molecule has 0 radical (unpaired) electrons. The number of nitrogen functional groups attached to an aromatic ring is 1. The van der Waals surface area contributed by atoms with Crippen LogP contribution in [-0.2, 0) is 4.74 Å². The van der Waals surface area contributed by atoms with Crippen molar-refractivity contribution in [1.29, 1.82) is 0 Å². The van der Waals surface area contributed by atoms with Crippen LogP contribution in [0.5, 0.6) is 0 Å². The number of rotatable bonds is 2. The topological polar surface area (TPSA) is 99.1 Å². The number of ether oxygens (including phenoxy) is 1. The number of nitrogens with two attached hydrogens (primary N) is 1. The van der Waals surface area contributed by atoms with Gasteiger partial charge in [-0.15, -0.1) is 0 Å². The Hall–Kier alpha value is -1.51. The van der Waals surface area contributed by atoms with E-state index in [2.05, 4.69) is 15.0 Å². The van der Waals surface area contributed by atoms with Crippen LogP contribution in [0, 0.1) is 5.92 Å². The van der Waals surface area contributed by atoms with Gasteiger partial charge < -0.3 is 15.6 Å². The Kier molecular flexibility index (Phi) is 3.23. The molecule has 1 saturated heterocycles. The number of nitrogens with zero attached hydrogens (tertiary/aromatic N) is 4. The molecule has 0 spiro atoms. The number of anilines is 1. The van der Waals surface area contributed by atoms with E-state index in [1.165, 1.54) is 10.9 Å². The first-order chi connectivity index (χ1) is 9.52. The summed E-state index contributed by atoms with van der Waals surface area (Å²) in [6.07, 6.45) is -1.39. The molecule has 0 aliphatic carbocycles. The number of imidazole rings is 1. The number of hydrogen-bond donors (Lipinski definition) is 2. The Morgan fingerprint density at radius 1 is 1.55 bits per heavy atom. The van der Waals surface area contributed by atoms with Crippen molar-refractivity contribution >= 4 is 28.6 Å². The van der Waals surface area contributed by atoms with Gasteiger partial charge in [0.15, 0.2) is 23.9 Å². The lowest BCUT2D eigenvalue weighted by molar-refractivity contribution is -0.0378. The van der Waals surface area contributed by atoms with Gasteiger partial charge in [-0.2, -0.15) is 9.97 Å². The quantitative estimate of drug-likeness (QED) is 0.800. The first kappa shape index (κ1) is 13.5. The third-order valence-electron chi connectivity index (χ3n) is 3.55. The number of aliphatic hydroxyl groups excluding tert-OH is 1. The van der Waals surface area contributed by atoms with Crippen LogP contribution < -0.4 is 5.73 Å². The van der Waals surface area contributed by atoms with Crippen LogP contribution in [0.15, 0.2) is 6.33 Å². The highest BCUT2D eigenvalue weighted by atomic mass is 35.5. The van der Waals surface area contributed by atoms with E-state index in [0.29, 0.717) is 11.2 Å². The summed E-state index contributed by atoms with van der Waals surface area (Å²) in [5.74, 6) is -0.309. The van der Waals surface area contributed by atoms with Crippen molar-refractivity contribution in [3.05, 3.63) is 11.6 Å². The Bertz CT molecular complexity index is 651. The molecule has 1 fully saturated rings. The van der Waals surface area contributed by atoms with Crippen LogP contribution in [0.3, 0.4) is 0 Å². The SMILES string of the molecule is C[C@H]1[C@H](F)[C@H](n2cnc3c(N)nc(Cl)nc32)O[C@@H]1CO. The Morgan fingerprint density at radius 2 is 2.30 bits per heavy atom. The van der Waals surface area contributed by atoms with Crippen LogP contribution in [0.25, 0.3) is 11.2 Å². The standard InChI is InChI=1S/C11H13ClFN5O2/c1-4-5(2-19)20-10(6(4)13)18-3-15-7-8(14)16-11(12)17-9(7)18/h3-6,10,19H,2H2,1H3,(H2,14,16,17)/t4-,5-,6+,10-/m1/s1. The van der Waals surface area contributed by atoms with Gasteiger partial charge in [-0.05, 0) is 11.6 Å². The van der Waals surface area contributed by atoms with E-state index in [1.807, 2.05) is 0 Å². The van der Waals surface area contributed by atoms with Gasteiger partial charge in [0, 0.05) is 5.92 Å². The number of alkyl halides is 1. The zero-order valence-electron chi connectivity index (χ0n) is 10.6. The number of aromatic nitrogens is 4. The van der Waals surface area contributed by atoms with E-state index in [0.717, 1.165) is 0 Å². The van der Waals surface area contributed by atoms with Gasteiger partial charge >= 0.3 is 0 Å². The summed E-state index contributed by atoms with van der Waals surface area (Å²) in [5.41, 5.74) is 6.34. The summed E-state index contributed by atoms with van der Waals surface area (Å²) >= 11 is 5.76. The first-order valence-electron chi connectivity index (χ1n) is 6.09. The molecule has 9 heteroatoms. The van der Waals surface area contributed by atoms with Gasteiger partial charge in [-0.25, -0.2) is 9.37 Å². The van der Waals surface area contributed by atoms with E-state index in [9.17, 15) is 9.50 Å². The Morgan fingerprint density at radius 3 is 2.95 bits per heavy atom. The number of fused-ring (bicyclic) bond motifs is 1. The summed E-state index contributed by atoms with van der Waals surface area (Å²) in [5, 5.41) is 9.14. The molecule has 108 valence electrons. The molecule has 3 rings (SSSR count). The van der Waals surface area contributed by atoms with Crippen molar-refractivity contribution in [1.82, 2.24) is 19.5 Å². The van der Waals surface area contributed by atoms with Gasteiger partial charge in [0.25, 0.3) is 0 Å². The molecule has 3 N–H and O–H groups in total. The summed E-state index contributed by atoms with van der Waals surface area (Å²) in [7, 11) is 0. The first-order valence-corrected chi connectivity index (χ1v) is 6.46. The lowest BCUT2D eigenvalue weighted by atomic mass is 10.0. The van der Waals surface area contributed by atoms with Crippen LogP contribution in [-0.4, -0.2) is 43.5 Å². The molecule has 4 atom stereocenters. The third-order valence-corrected chi connectivity index (χ3v) is 3.72. The Balaban J connectivity index is 2.07. The minimum atomic E-state index is -1.29. The second kappa shape index (κ2) is 4.80. The number of aliphatic hydroxyl groups is 1. The monoisotopic (exact) mass is 301 g/mol. The molecule has 0 amide bonds. The average molecular weight is 302 g/mol.